The zero-order valence-electron chi connectivity index (χ0n) is 6.57. The van der Waals surface area contributed by atoms with E-state index in [0.717, 1.165) is 5.56 Å². The van der Waals surface area contributed by atoms with Crippen LogP contribution in [-0.2, 0) is 6.42 Å². The molecule has 64 valence electrons. The Balaban J connectivity index is 2.92. The Morgan fingerprint density at radius 1 is 1.25 bits per heavy atom. The number of rotatable bonds is 3. The maximum Gasteiger partial charge on any atom is 0.488 e. The van der Waals surface area contributed by atoms with Crippen LogP contribution < -0.4 is 5.46 Å². The van der Waals surface area contributed by atoms with E-state index in [4.69, 9.17) is 21.6 Å². The van der Waals surface area contributed by atoms with Crippen LogP contribution in [0.25, 0.3) is 0 Å². The van der Waals surface area contributed by atoms with Gasteiger partial charge in [-0.1, -0.05) is 24.3 Å². The molecule has 0 atom stereocenters. The van der Waals surface area contributed by atoms with Crippen LogP contribution in [-0.4, -0.2) is 23.0 Å². The summed E-state index contributed by atoms with van der Waals surface area (Å²) in [6, 6.07) is 7.16. The molecule has 0 saturated carbocycles. The zero-order chi connectivity index (χ0) is 8.97. The lowest BCUT2D eigenvalue weighted by atomic mass is 9.76. The molecule has 0 aliphatic carbocycles. The molecule has 2 N–H and O–H groups in total. The summed E-state index contributed by atoms with van der Waals surface area (Å²) in [7, 11) is -1.40. The SMILES string of the molecule is OB(O)c1ccccc1CCCl. The molecule has 0 aliphatic heterocycles. The van der Waals surface area contributed by atoms with Gasteiger partial charge < -0.3 is 10.0 Å². The summed E-state index contributed by atoms with van der Waals surface area (Å²) in [6.45, 7) is 0. The second-order valence-electron chi connectivity index (χ2n) is 2.51. The van der Waals surface area contributed by atoms with Crippen LogP contribution in [0.4, 0.5) is 0 Å². The van der Waals surface area contributed by atoms with Gasteiger partial charge in [-0.15, -0.1) is 11.6 Å². The highest BCUT2D eigenvalue weighted by atomic mass is 35.5. The van der Waals surface area contributed by atoms with E-state index in [2.05, 4.69) is 0 Å². The Labute approximate surface area is 76.9 Å². The number of aryl methyl sites for hydroxylation is 1. The van der Waals surface area contributed by atoms with Gasteiger partial charge in [0, 0.05) is 5.88 Å². The molecule has 0 amide bonds. The Morgan fingerprint density at radius 3 is 2.50 bits per heavy atom. The van der Waals surface area contributed by atoms with E-state index >= 15 is 0 Å². The molecule has 0 aromatic heterocycles. The fourth-order valence-corrected chi connectivity index (χ4v) is 1.32. The molecular weight excluding hydrogens is 174 g/mol. The lowest BCUT2D eigenvalue weighted by molar-refractivity contribution is 0.425. The number of hydrogen-bond acceptors (Lipinski definition) is 2. The van der Waals surface area contributed by atoms with Crippen molar-refractivity contribution >= 4 is 24.2 Å². The van der Waals surface area contributed by atoms with Gasteiger partial charge in [0.15, 0.2) is 0 Å². The third kappa shape index (κ3) is 2.24. The largest absolute Gasteiger partial charge is 0.488 e. The molecule has 0 aliphatic rings. The summed E-state index contributed by atoms with van der Waals surface area (Å²) < 4.78 is 0. The maximum absolute atomic E-state index is 8.94. The van der Waals surface area contributed by atoms with E-state index in [1.54, 1.807) is 12.1 Å². The monoisotopic (exact) mass is 184 g/mol. The van der Waals surface area contributed by atoms with Crippen LogP contribution in [0.2, 0.25) is 0 Å². The van der Waals surface area contributed by atoms with Crippen LogP contribution in [0, 0.1) is 0 Å². The van der Waals surface area contributed by atoms with Crippen LogP contribution >= 0.6 is 11.6 Å². The molecule has 0 spiro atoms. The molecule has 0 saturated heterocycles. The Hall–Kier alpha value is -0.505. The minimum atomic E-state index is -1.40. The van der Waals surface area contributed by atoms with Gasteiger partial charge in [0.2, 0.25) is 0 Å². The van der Waals surface area contributed by atoms with Gasteiger partial charge in [-0.05, 0) is 17.4 Å². The van der Waals surface area contributed by atoms with Gasteiger partial charge in [0.1, 0.15) is 0 Å². The molecule has 2 nitrogen and oxygen atoms in total. The summed E-state index contributed by atoms with van der Waals surface area (Å²) in [6.07, 6.45) is 0.662. The standard InChI is InChI=1S/C8H10BClO2/c10-6-5-7-3-1-2-4-8(7)9(11)12/h1-4,11-12H,5-6H2. The smallest absolute Gasteiger partial charge is 0.423 e. The second-order valence-corrected chi connectivity index (χ2v) is 2.89. The van der Waals surface area contributed by atoms with Crippen molar-refractivity contribution in [2.24, 2.45) is 0 Å². The summed E-state index contributed by atoms with van der Waals surface area (Å²) in [5, 5.41) is 17.9. The van der Waals surface area contributed by atoms with Crippen LogP contribution in [0.15, 0.2) is 24.3 Å². The molecule has 4 heteroatoms. The molecule has 0 unspecified atom stereocenters. The molecule has 0 bridgehead atoms. The Morgan fingerprint density at radius 2 is 1.92 bits per heavy atom. The first kappa shape index (κ1) is 9.58. The van der Waals surface area contributed by atoms with Crippen molar-refractivity contribution in [1.82, 2.24) is 0 Å². The van der Waals surface area contributed by atoms with E-state index in [0.29, 0.717) is 17.8 Å². The minimum absolute atomic E-state index is 0.490. The van der Waals surface area contributed by atoms with Crippen molar-refractivity contribution in [3.8, 4) is 0 Å². The fraction of sp³-hybridized carbons (Fsp3) is 0.250. The van der Waals surface area contributed by atoms with Crippen molar-refractivity contribution < 1.29 is 10.0 Å². The quantitative estimate of drug-likeness (QED) is 0.519. The summed E-state index contributed by atoms with van der Waals surface area (Å²) in [4.78, 5) is 0. The normalized spacial score (nSPS) is 9.92. The summed E-state index contributed by atoms with van der Waals surface area (Å²) in [5.74, 6) is 0.490. The molecule has 12 heavy (non-hydrogen) atoms. The van der Waals surface area contributed by atoms with E-state index < -0.39 is 7.12 Å². The first-order valence-corrected chi connectivity index (χ1v) is 4.29. The molecule has 1 rings (SSSR count). The van der Waals surface area contributed by atoms with Crippen molar-refractivity contribution in [2.45, 2.75) is 6.42 Å². The topological polar surface area (TPSA) is 40.5 Å². The van der Waals surface area contributed by atoms with Gasteiger partial charge in [-0.2, -0.15) is 0 Å². The minimum Gasteiger partial charge on any atom is -0.423 e. The Bertz CT molecular complexity index is 253. The van der Waals surface area contributed by atoms with Crippen molar-refractivity contribution in [3.05, 3.63) is 29.8 Å². The predicted molar refractivity (Wildman–Crippen MR) is 50.7 cm³/mol. The van der Waals surface area contributed by atoms with E-state index in [1.807, 2.05) is 12.1 Å². The van der Waals surface area contributed by atoms with Gasteiger partial charge in [0.25, 0.3) is 0 Å². The van der Waals surface area contributed by atoms with Gasteiger partial charge in [-0.3, -0.25) is 0 Å². The van der Waals surface area contributed by atoms with Crippen LogP contribution in [0.3, 0.4) is 0 Å². The van der Waals surface area contributed by atoms with E-state index in [-0.39, 0.29) is 0 Å². The first-order chi connectivity index (χ1) is 5.75. The van der Waals surface area contributed by atoms with Crippen molar-refractivity contribution in [1.29, 1.82) is 0 Å². The number of halogens is 1. The lowest BCUT2D eigenvalue weighted by Gasteiger charge is -2.05. The molecule has 1 aromatic rings. The highest BCUT2D eigenvalue weighted by Gasteiger charge is 2.13. The molecule has 0 radical (unpaired) electrons. The lowest BCUT2D eigenvalue weighted by Crippen LogP contribution is -2.33. The van der Waals surface area contributed by atoms with E-state index in [1.165, 1.54) is 0 Å². The summed E-state index contributed by atoms with van der Waals surface area (Å²) >= 11 is 5.55. The fourth-order valence-electron chi connectivity index (χ4n) is 1.12. The van der Waals surface area contributed by atoms with Crippen LogP contribution in [0.1, 0.15) is 5.56 Å². The van der Waals surface area contributed by atoms with Crippen molar-refractivity contribution in [2.75, 3.05) is 5.88 Å². The highest BCUT2D eigenvalue weighted by Crippen LogP contribution is 1.99. The average Bonchev–Trinajstić information content (AvgIpc) is 2.05. The third-order valence-electron chi connectivity index (χ3n) is 1.70. The van der Waals surface area contributed by atoms with E-state index in [9.17, 15) is 0 Å². The first-order valence-electron chi connectivity index (χ1n) is 3.75. The predicted octanol–water partition coefficient (Wildman–Crippen LogP) is 0.148. The third-order valence-corrected chi connectivity index (χ3v) is 1.89. The van der Waals surface area contributed by atoms with Gasteiger partial charge >= 0.3 is 7.12 Å². The number of alkyl halides is 1. The van der Waals surface area contributed by atoms with Crippen LogP contribution in [0.5, 0.6) is 0 Å². The van der Waals surface area contributed by atoms with Crippen molar-refractivity contribution in [3.63, 3.8) is 0 Å². The Kier molecular flexibility index (Phi) is 3.60. The molecule has 0 heterocycles. The van der Waals surface area contributed by atoms with Gasteiger partial charge in [0.05, 0.1) is 0 Å². The maximum atomic E-state index is 8.94. The molecule has 1 aromatic carbocycles. The average molecular weight is 184 g/mol. The molecule has 0 fully saturated rings. The number of benzene rings is 1. The molecular formula is C8H10BClO2. The van der Waals surface area contributed by atoms with Gasteiger partial charge in [-0.25, -0.2) is 0 Å². The zero-order valence-corrected chi connectivity index (χ0v) is 7.33. The second kappa shape index (κ2) is 4.50. The number of hydrogen-bond donors (Lipinski definition) is 2. The highest BCUT2D eigenvalue weighted by molar-refractivity contribution is 6.59. The summed E-state index contributed by atoms with van der Waals surface area (Å²) in [5.41, 5.74) is 1.43.